The van der Waals surface area contributed by atoms with Crippen LogP contribution >= 0.6 is 0 Å². The third-order valence-electron chi connectivity index (χ3n) is 3.60. The standard InChI is InChI=1S/C16H21NO3/c1-16(2,3)15(19)17-10-11(9-14(18)20-4)12-7-5-6-8-13(12)17/h5-8,11H,9-10H2,1-4H3. The number of fused-ring (bicyclic) bond motifs is 1. The largest absolute Gasteiger partial charge is 0.469 e. The summed E-state index contributed by atoms with van der Waals surface area (Å²) >= 11 is 0. The van der Waals surface area contributed by atoms with Crippen molar-refractivity contribution in [2.75, 3.05) is 18.6 Å². The fraction of sp³-hybridized carbons (Fsp3) is 0.500. The van der Waals surface area contributed by atoms with E-state index in [4.69, 9.17) is 4.74 Å². The molecule has 0 spiro atoms. The van der Waals surface area contributed by atoms with Crippen LogP contribution in [-0.4, -0.2) is 25.5 Å². The lowest BCUT2D eigenvalue weighted by molar-refractivity contribution is -0.141. The SMILES string of the molecule is COC(=O)CC1CN(C(=O)C(C)(C)C)c2ccccc21. The van der Waals surface area contributed by atoms with E-state index in [9.17, 15) is 9.59 Å². The Bertz CT molecular complexity index is 531. The summed E-state index contributed by atoms with van der Waals surface area (Å²) in [7, 11) is 1.39. The zero-order chi connectivity index (χ0) is 14.9. The van der Waals surface area contributed by atoms with Gasteiger partial charge in [0.1, 0.15) is 0 Å². The molecule has 0 N–H and O–H groups in total. The van der Waals surface area contributed by atoms with Gasteiger partial charge in [0, 0.05) is 23.6 Å². The summed E-state index contributed by atoms with van der Waals surface area (Å²) in [5, 5.41) is 0. The number of para-hydroxylation sites is 1. The van der Waals surface area contributed by atoms with Crippen molar-refractivity contribution in [1.29, 1.82) is 0 Å². The molecule has 1 heterocycles. The zero-order valence-corrected chi connectivity index (χ0v) is 12.5. The van der Waals surface area contributed by atoms with Crippen LogP contribution in [-0.2, 0) is 14.3 Å². The van der Waals surface area contributed by atoms with Crippen molar-refractivity contribution < 1.29 is 14.3 Å². The van der Waals surface area contributed by atoms with Gasteiger partial charge >= 0.3 is 5.97 Å². The van der Waals surface area contributed by atoms with E-state index in [2.05, 4.69) is 0 Å². The number of methoxy groups -OCH3 is 1. The van der Waals surface area contributed by atoms with Gasteiger partial charge in [-0.1, -0.05) is 39.0 Å². The maximum absolute atomic E-state index is 12.5. The Morgan fingerprint density at radius 2 is 1.95 bits per heavy atom. The molecule has 108 valence electrons. The maximum atomic E-state index is 12.5. The van der Waals surface area contributed by atoms with Gasteiger partial charge in [-0.05, 0) is 11.6 Å². The Hall–Kier alpha value is -1.84. The minimum absolute atomic E-state index is 0.0185. The number of rotatable bonds is 2. The second-order valence-electron chi connectivity index (χ2n) is 6.20. The van der Waals surface area contributed by atoms with Crippen LogP contribution in [0.25, 0.3) is 0 Å². The molecule has 4 nitrogen and oxygen atoms in total. The number of ether oxygens (including phenoxy) is 1. The van der Waals surface area contributed by atoms with E-state index >= 15 is 0 Å². The van der Waals surface area contributed by atoms with E-state index in [0.29, 0.717) is 13.0 Å². The quantitative estimate of drug-likeness (QED) is 0.780. The normalized spacial score (nSPS) is 17.8. The van der Waals surface area contributed by atoms with Crippen molar-refractivity contribution in [2.24, 2.45) is 5.41 Å². The third-order valence-corrected chi connectivity index (χ3v) is 3.60. The van der Waals surface area contributed by atoms with Crippen molar-refractivity contribution in [3.8, 4) is 0 Å². The Labute approximate surface area is 119 Å². The molecule has 1 atom stereocenters. The summed E-state index contributed by atoms with van der Waals surface area (Å²) < 4.78 is 4.75. The Balaban J connectivity index is 2.31. The first-order chi connectivity index (χ1) is 9.34. The molecule has 20 heavy (non-hydrogen) atoms. The van der Waals surface area contributed by atoms with E-state index in [0.717, 1.165) is 11.3 Å². The summed E-state index contributed by atoms with van der Waals surface area (Å²) in [6.45, 7) is 6.27. The van der Waals surface area contributed by atoms with Gasteiger partial charge in [-0.3, -0.25) is 9.59 Å². The number of hydrogen-bond donors (Lipinski definition) is 0. The third kappa shape index (κ3) is 2.69. The highest BCUT2D eigenvalue weighted by atomic mass is 16.5. The molecule has 1 amide bonds. The highest BCUT2D eigenvalue weighted by Gasteiger charge is 2.37. The average molecular weight is 275 g/mol. The predicted molar refractivity (Wildman–Crippen MR) is 77.6 cm³/mol. The van der Waals surface area contributed by atoms with Crippen molar-refractivity contribution in [2.45, 2.75) is 33.1 Å². The molecule has 0 saturated carbocycles. The van der Waals surface area contributed by atoms with E-state index < -0.39 is 5.41 Å². The summed E-state index contributed by atoms with van der Waals surface area (Å²) in [5.74, 6) is -0.142. The predicted octanol–water partition coefficient (Wildman–Crippen LogP) is 2.73. The number of amides is 1. The van der Waals surface area contributed by atoms with Gasteiger partial charge in [-0.2, -0.15) is 0 Å². The number of nitrogens with zero attached hydrogens (tertiary/aromatic N) is 1. The maximum Gasteiger partial charge on any atom is 0.306 e. The summed E-state index contributed by atoms with van der Waals surface area (Å²) in [6, 6.07) is 7.78. The van der Waals surface area contributed by atoms with Crippen molar-refractivity contribution in [3.05, 3.63) is 29.8 Å². The number of carbonyl (C=O) groups excluding carboxylic acids is 2. The molecular weight excluding hydrogens is 254 g/mol. The second kappa shape index (κ2) is 5.27. The number of benzene rings is 1. The fourth-order valence-corrected chi connectivity index (χ4v) is 2.55. The number of carbonyl (C=O) groups is 2. The van der Waals surface area contributed by atoms with Crippen LogP contribution in [0.5, 0.6) is 0 Å². The highest BCUT2D eigenvalue weighted by molar-refractivity contribution is 5.99. The Morgan fingerprint density at radius 3 is 2.55 bits per heavy atom. The van der Waals surface area contributed by atoms with Crippen LogP contribution < -0.4 is 4.90 Å². The molecule has 0 saturated heterocycles. The molecule has 0 radical (unpaired) electrons. The first-order valence-electron chi connectivity index (χ1n) is 6.82. The first-order valence-corrected chi connectivity index (χ1v) is 6.82. The Morgan fingerprint density at radius 1 is 1.30 bits per heavy atom. The first kappa shape index (κ1) is 14.6. The molecular formula is C16H21NO3. The molecule has 0 aliphatic carbocycles. The van der Waals surface area contributed by atoms with Gasteiger partial charge in [-0.25, -0.2) is 0 Å². The minimum Gasteiger partial charge on any atom is -0.469 e. The molecule has 2 rings (SSSR count). The molecule has 1 unspecified atom stereocenters. The molecule has 1 aliphatic heterocycles. The highest BCUT2D eigenvalue weighted by Crippen LogP contribution is 2.40. The number of esters is 1. The van der Waals surface area contributed by atoms with Gasteiger partial charge in [0.25, 0.3) is 0 Å². The Kier molecular flexibility index (Phi) is 3.84. The van der Waals surface area contributed by atoms with Gasteiger partial charge < -0.3 is 9.64 Å². The number of hydrogen-bond acceptors (Lipinski definition) is 3. The lowest BCUT2D eigenvalue weighted by Crippen LogP contribution is -2.39. The van der Waals surface area contributed by atoms with Crippen molar-refractivity contribution in [3.63, 3.8) is 0 Å². The van der Waals surface area contributed by atoms with Gasteiger partial charge in [0.15, 0.2) is 0 Å². The molecule has 0 fully saturated rings. The lowest BCUT2D eigenvalue weighted by atomic mass is 9.94. The monoisotopic (exact) mass is 275 g/mol. The van der Waals surface area contributed by atoms with Crippen LogP contribution in [0, 0.1) is 5.41 Å². The lowest BCUT2D eigenvalue weighted by Gasteiger charge is -2.26. The summed E-state index contributed by atoms with van der Waals surface area (Å²) in [4.78, 5) is 25.9. The molecule has 1 aromatic rings. The van der Waals surface area contributed by atoms with Crippen molar-refractivity contribution in [1.82, 2.24) is 0 Å². The van der Waals surface area contributed by atoms with E-state index in [1.54, 1.807) is 4.90 Å². The zero-order valence-electron chi connectivity index (χ0n) is 12.5. The van der Waals surface area contributed by atoms with Gasteiger partial charge in [0.05, 0.1) is 13.5 Å². The average Bonchev–Trinajstić information content (AvgIpc) is 2.76. The van der Waals surface area contributed by atoms with E-state index in [1.165, 1.54) is 7.11 Å². The topological polar surface area (TPSA) is 46.6 Å². The molecule has 0 aromatic heterocycles. The van der Waals surface area contributed by atoms with Crippen LogP contribution in [0.4, 0.5) is 5.69 Å². The second-order valence-corrected chi connectivity index (χ2v) is 6.20. The van der Waals surface area contributed by atoms with E-state index in [1.807, 2.05) is 45.0 Å². The van der Waals surface area contributed by atoms with Crippen molar-refractivity contribution >= 4 is 17.6 Å². The van der Waals surface area contributed by atoms with Crippen LogP contribution in [0.3, 0.4) is 0 Å². The molecule has 4 heteroatoms. The minimum atomic E-state index is -0.437. The molecule has 1 aromatic carbocycles. The molecule has 1 aliphatic rings. The summed E-state index contributed by atoms with van der Waals surface area (Å²) in [5.41, 5.74) is 1.53. The smallest absolute Gasteiger partial charge is 0.306 e. The number of anilines is 1. The van der Waals surface area contributed by atoms with Gasteiger partial charge in [-0.15, -0.1) is 0 Å². The van der Waals surface area contributed by atoms with Gasteiger partial charge in [0.2, 0.25) is 5.91 Å². The van der Waals surface area contributed by atoms with Crippen LogP contribution in [0.15, 0.2) is 24.3 Å². The fourth-order valence-electron chi connectivity index (χ4n) is 2.55. The van der Waals surface area contributed by atoms with E-state index in [-0.39, 0.29) is 17.8 Å². The summed E-state index contributed by atoms with van der Waals surface area (Å²) in [6.07, 6.45) is 0.307. The van der Waals surface area contributed by atoms with Crippen LogP contribution in [0.1, 0.15) is 38.7 Å². The van der Waals surface area contributed by atoms with Crippen LogP contribution in [0.2, 0.25) is 0 Å². The molecule has 0 bridgehead atoms.